The number of carbonyl (C=O) groups is 3. The van der Waals surface area contributed by atoms with Crippen molar-refractivity contribution < 1.29 is 46.2 Å². The third-order valence-corrected chi connectivity index (χ3v) is 6.52. The summed E-state index contributed by atoms with van der Waals surface area (Å²) in [6, 6.07) is 7.60. The monoisotopic (exact) mass is 510 g/mol. The van der Waals surface area contributed by atoms with E-state index in [1.807, 2.05) is 0 Å². The highest BCUT2D eigenvalue weighted by molar-refractivity contribution is 8.02. The molecule has 2 atom stereocenters. The Hall–Kier alpha value is -3.92. The standard InChI is InChI=1S/C22H11F5N2O5S/c23-12-5-10(9-2-1-3-11(4-9)34-22(25,26)27)6-13(24)18(12)29-8-14(30)16-15(7-28)35-19(21(32)33)17(16)20(29)31/h1-6,15,19H,8H2,(H,32,33). The summed E-state index contributed by atoms with van der Waals surface area (Å²) in [4.78, 5) is 37.7. The smallest absolute Gasteiger partial charge is 0.480 e. The number of halogens is 5. The molecule has 0 bridgehead atoms. The second-order valence-electron chi connectivity index (χ2n) is 7.37. The summed E-state index contributed by atoms with van der Waals surface area (Å²) in [5.41, 5.74) is -1.97. The van der Waals surface area contributed by atoms with Gasteiger partial charge in [0.1, 0.15) is 21.9 Å². The number of nitriles is 1. The van der Waals surface area contributed by atoms with E-state index in [0.29, 0.717) is 16.7 Å². The molecular formula is C22H11F5N2O5S. The molecule has 1 amide bonds. The summed E-state index contributed by atoms with van der Waals surface area (Å²) in [5, 5.41) is 15.9. The maximum absolute atomic E-state index is 15.0. The number of alkyl halides is 3. The van der Waals surface area contributed by atoms with Crippen LogP contribution in [-0.2, 0) is 14.4 Å². The van der Waals surface area contributed by atoms with Crippen LogP contribution in [-0.4, -0.2) is 46.2 Å². The molecular weight excluding hydrogens is 499 g/mol. The van der Waals surface area contributed by atoms with Gasteiger partial charge in [0.05, 0.1) is 18.2 Å². The first kappa shape index (κ1) is 24.2. The number of nitrogens with zero attached hydrogens (tertiary/aromatic N) is 2. The number of carbonyl (C=O) groups excluding carboxylic acids is 2. The molecule has 2 aliphatic heterocycles. The minimum absolute atomic E-state index is 0.0304. The van der Waals surface area contributed by atoms with Gasteiger partial charge < -0.3 is 9.84 Å². The van der Waals surface area contributed by atoms with Crippen LogP contribution in [0.5, 0.6) is 5.75 Å². The fourth-order valence-electron chi connectivity index (χ4n) is 3.84. The number of carboxylic acid groups (broad SMARTS) is 1. The Balaban J connectivity index is 1.73. The van der Waals surface area contributed by atoms with Gasteiger partial charge in [-0.2, -0.15) is 5.26 Å². The third-order valence-electron chi connectivity index (χ3n) is 5.19. The van der Waals surface area contributed by atoms with Crippen molar-refractivity contribution in [3.05, 3.63) is 59.2 Å². The van der Waals surface area contributed by atoms with Crippen LogP contribution in [0.1, 0.15) is 0 Å². The zero-order valence-corrected chi connectivity index (χ0v) is 17.9. The van der Waals surface area contributed by atoms with E-state index in [0.717, 1.165) is 24.3 Å². The number of Topliss-reactive ketones (excluding diaryl/α,β-unsaturated/α-hetero) is 1. The predicted octanol–water partition coefficient (Wildman–Crippen LogP) is 3.83. The zero-order chi connectivity index (χ0) is 25.7. The molecule has 0 spiro atoms. The molecule has 0 saturated carbocycles. The fraction of sp³-hybridized carbons (Fsp3) is 0.182. The number of hydrogen-bond acceptors (Lipinski definition) is 6. The Bertz CT molecular complexity index is 1330. The van der Waals surface area contributed by atoms with E-state index in [1.165, 1.54) is 12.1 Å². The predicted molar refractivity (Wildman–Crippen MR) is 111 cm³/mol. The van der Waals surface area contributed by atoms with Crippen LogP contribution in [0.15, 0.2) is 47.5 Å². The number of carboxylic acids is 1. The molecule has 4 rings (SSSR count). The van der Waals surface area contributed by atoms with E-state index >= 15 is 8.78 Å². The number of ketones is 1. The Kier molecular flexibility index (Phi) is 6.02. The van der Waals surface area contributed by atoms with Crippen molar-refractivity contribution in [3.8, 4) is 22.9 Å². The third kappa shape index (κ3) is 4.44. The lowest BCUT2D eigenvalue weighted by atomic mass is 9.93. The molecule has 2 heterocycles. The van der Waals surface area contributed by atoms with E-state index < -0.39 is 69.7 Å². The van der Waals surface area contributed by atoms with E-state index in [4.69, 9.17) is 0 Å². The van der Waals surface area contributed by atoms with Gasteiger partial charge in [0, 0.05) is 5.57 Å². The van der Waals surface area contributed by atoms with Gasteiger partial charge in [-0.3, -0.25) is 19.3 Å². The van der Waals surface area contributed by atoms with Crippen LogP contribution in [0.4, 0.5) is 27.6 Å². The summed E-state index contributed by atoms with van der Waals surface area (Å²) >= 11 is 0.560. The Morgan fingerprint density at radius 2 is 1.77 bits per heavy atom. The summed E-state index contributed by atoms with van der Waals surface area (Å²) in [6.45, 7) is -0.829. The molecule has 180 valence electrons. The number of rotatable bonds is 4. The van der Waals surface area contributed by atoms with Crippen LogP contribution >= 0.6 is 11.8 Å². The first-order chi connectivity index (χ1) is 16.4. The molecule has 2 aromatic carbocycles. The zero-order valence-electron chi connectivity index (χ0n) is 17.1. The lowest BCUT2D eigenvalue weighted by Gasteiger charge is -2.29. The minimum Gasteiger partial charge on any atom is -0.480 e. The van der Waals surface area contributed by atoms with Crippen LogP contribution in [0.2, 0.25) is 0 Å². The number of benzene rings is 2. The average molecular weight is 510 g/mol. The first-order valence-corrected chi connectivity index (χ1v) is 10.6. The molecule has 1 N–H and O–H groups in total. The molecule has 0 aromatic heterocycles. The summed E-state index contributed by atoms with van der Waals surface area (Å²) < 4.78 is 71.3. The second kappa shape index (κ2) is 8.70. The molecule has 2 unspecified atom stereocenters. The van der Waals surface area contributed by atoms with Gasteiger partial charge >= 0.3 is 12.3 Å². The Labute approximate surface area is 197 Å². The summed E-state index contributed by atoms with van der Waals surface area (Å²) in [5.74, 6) is -6.73. The van der Waals surface area contributed by atoms with Gasteiger partial charge in [-0.15, -0.1) is 24.9 Å². The highest BCUT2D eigenvalue weighted by Crippen LogP contribution is 2.44. The van der Waals surface area contributed by atoms with Crippen molar-refractivity contribution in [2.45, 2.75) is 16.9 Å². The Morgan fingerprint density at radius 1 is 1.11 bits per heavy atom. The van der Waals surface area contributed by atoms with E-state index in [2.05, 4.69) is 4.74 Å². The number of amides is 1. The van der Waals surface area contributed by atoms with Gasteiger partial charge in [0.15, 0.2) is 17.4 Å². The quantitative estimate of drug-likeness (QED) is 0.623. The minimum atomic E-state index is -4.98. The number of ether oxygens (including phenoxy) is 1. The lowest BCUT2D eigenvalue weighted by molar-refractivity contribution is -0.274. The van der Waals surface area contributed by atoms with Crippen molar-refractivity contribution >= 4 is 35.1 Å². The largest absolute Gasteiger partial charge is 0.573 e. The van der Waals surface area contributed by atoms with E-state index in [-0.39, 0.29) is 16.7 Å². The SMILES string of the molecule is N#CC1SC(C(=O)O)C2=C1C(=O)CN(c1c(F)cc(-c3cccc(OC(F)(F)F)c3)cc1F)C2=O. The molecule has 2 aromatic rings. The van der Waals surface area contributed by atoms with Gasteiger partial charge in [-0.1, -0.05) is 12.1 Å². The number of anilines is 1. The molecule has 0 fully saturated rings. The highest BCUT2D eigenvalue weighted by atomic mass is 32.2. The summed E-state index contributed by atoms with van der Waals surface area (Å²) in [6.07, 6.45) is -4.98. The fourth-order valence-corrected chi connectivity index (χ4v) is 5.05. The first-order valence-electron chi connectivity index (χ1n) is 9.63. The van der Waals surface area contributed by atoms with Crippen molar-refractivity contribution in [2.75, 3.05) is 11.4 Å². The maximum atomic E-state index is 15.0. The van der Waals surface area contributed by atoms with Gasteiger partial charge in [-0.05, 0) is 35.4 Å². The van der Waals surface area contributed by atoms with Crippen molar-refractivity contribution in [1.82, 2.24) is 0 Å². The maximum Gasteiger partial charge on any atom is 0.573 e. The topological polar surface area (TPSA) is 108 Å². The van der Waals surface area contributed by atoms with Crippen molar-refractivity contribution in [2.24, 2.45) is 0 Å². The number of hydrogen-bond donors (Lipinski definition) is 1. The number of aliphatic carboxylic acids is 1. The van der Waals surface area contributed by atoms with Crippen molar-refractivity contribution in [3.63, 3.8) is 0 Å². The normalized spacial score (nSPS) is 20.1. The summed E-state index contributed by atoms with van der Waals surface area (Å²) in [7, 11) is 0. The second-order valence-corrected chi connectivity index (χ2v) is 8.58. The number of thioether (sulfide) groups is 1. The molecule has 7 nitrogen and oxygen atoms in total. The molecule has 0 saturated heterocycles. The van der Waals surface area contributed by atoms with Gasteiger partial charge in [0.2, 0.25) is 0 Å². The molecule has 13 heteroatoms. The van der Waals surface area contributed by atoms with Crippen LogP contribution < -0.4 is 9.64 Å². The molecule has 35 heavy (non-hydrogen) atoms. The van der Waals surface area contributed by atoms with Crippen LogP contribution in [0.25, 0.3) is 11.1 Å². The average Bonchev–Trinajstić information content (AvgIpc) is 3.16. The van der Waals surface area contributed by atoms with Crippen LogP contribution in [0, 0.1) is 23.0 Å². The lowest BCUT2D eigenvalue weighted by Crippen LogP contribution is -2.45. The molecule has 0 radical (unpaired) electrons. The van der Waals surface area contributed by atoms with Crippen LogP contribution in [0.3, 0.4) is 0 Å². The van der Waals surface area contributed by atoms with Gasteiger partial charge in [0.25, 0.3) is 5.91 Å². The molecule has 2 aliphatic rings. The highest BCUT2D eigenvalue weighted by Gasteiger charge is 2.49. The van der Waals surface area contributed by atoms with E-state index in [9.17, 15) is 37.9 Å². The molecule has 0 aliphatic carbocycles. The van der Waals surface area contributed by atoms with Crippen molar-refractivity contribution in [1.29, 1.82) is 5.26 Å². The van der Waals surface area contributed by atoms with E-state index in [1.54, 1.807) is 6.07 Å². The Morgan fingerprint density at radius 3 is 2.34 bits per heavy atom. The van der Waals surface area contributed by atoms with Gasteiger partial charge in [-0.25, -0.2) is 8.78 Å².